The van der Waals surface area contributed by atoms with Crippen molar-refractivity contribution in [2.24, 2.45) is 0 Å². The first kappa shape index (κ1) is 15.2. The molecule has 4 heterocycles. The topological polar surface area (TPSA) is 114 Å². The number of rotatable bonds is 3. The Balaban J connectivity index is 1.86. The highest BCUT2D eigenvalue weighted by molar-refractivity contribution is 5.91. The predicted octanol–water partition coefficient (Wildman–Crippen LogP) is 0.442. The van der Waals surface area contributed by atoms with Crippen molar-refractivity contribution in [1.29, 1.82) is 0 Å². The summed E-state index contributed by atoms with van der Waals surface area (Å²) in [5, 5.41) is 29.4. The van der Waals surface area contributed by atoms with Crippen molar-refractivity contribution in [3.8, 4) is 11.3 Å². The third-order valence-corrected chi connectivity index (χ3v) is 4.15. The molecule has 1 aliphatic rings. The van der Waals surface area contributed by atoms with Crippen LogP contribution < -0.4 is 0 Å². The first-order valence-corrected chi connectivity index (χ1v) is 7.28. The lowest BCUT2D eigenvalue weighted by molar-refractivity contribution is -0.0510. The number of aliphatic hydroxyl groups is 3. The van der Waals surface area contributed by atoms with E-state index in [1.54, 1.807) is 6.07 Å². The van der Waals surface area contributed by atoms with Gasteiger partial charge >= 0.3 is 0 Å². The van der Waals surface area contributed by atoms with E-state index in [-0.39, 0.29) is 11.0 Å². The van der Waals surface area contributed by atoms with Crippen LogP contribution in [0.15, 0.2) is 35.5 Å². The fraction of sp³-hybridized carbons (Fsp3) is 0.333. The lowest BCUT2D eigenvalue weighted by Gasteiger charge is -2.17. The van der Waals surface area contributed by atoms with Crippen LogP contribution in [0.3, 0.4) is 0 Å². The lowest BCUT2D eigenvalue weighted by atomic mass is 10.1. The molecule has 0 bridgehead atoms. The Kier molecular flexibility index (Phi) is 3.57. The van der Waals surface area contributed by atoms with Crippen LogP contribution in [0.25, 0.3) is 22.3 Å². The maximum atomic E-state index is 14.5. The number of hydrogen-bond acceptors (Lipinski definition) is 7. The summed E-state index contributed by atoms with van der Waals surface area (Å²) >= 11 is 0. The number of halogens is 1. The largest absolute Gasteiger partial charge is 0.472 e. The zero-order valence-corrected chi connectivity index (χ0v) is 12.3. The predicted molar refractivity (Wildman–Crippen MR) is 78.2 cm³/mol. The van der Waals surface area contributed by atoms with Crippen LogP contribution in [0.4, 0.5) is 4.39 Å². The molecule has 1 fully saturated rings. The normalized spacial score (nSPS) is 27.2. The first-order valence-electron chi connectivity index (χ1n) is 7.28. The molecule has 0 spiro atoms. The second-order valence-electron chi connectivity index (χ2n) is 5.55. The van der Waals surface area contributed by atoms with Gasteiger partial charge in [0.25, 0.3) is 0 Å². The Bertz CT molecular complexity index is 866. The summed E-state index contributed by atoms with van der Waals surface area (Å²) < 4.78 is 26.3. The molecule has 9 heteroatoms. The van der Waals surface area contributed by atoms with E-state index in [9.17, 15) is 19.7 Å². The van der Waals surface area contributed by atoms with E-state index >= 15 is 0 Å². The highest BCUT2D eigenvalue weighted by Crippen LogP contribution is 2.35. The molecule has 1 aliphatic heterocycles. The fourth-order valence-corrected chi connectivity index (χ4v) is 2.96. The molecule has 3 aromatic heterocycles. The molecule has 0 aromatic carbocycles. The molecule has 0 amide bonds. The summed E-state index contributed by atoms with van der Waals surface area (Å²) in [6, 6.07) is 1.64. The van der Waals surface area contributed by atoms with E-state index in [4.69, 9.17) is 9.15 Å². The molecular weight excluding hydrogens is 321 g/mol. The van der Waals surface area contributed by atoms with Gasteiger partial charge in [0, 0.05) is 11.8 Å². The number of hydrogen-bond donors (Lipinski definition) is 3. The monoisotopic (exact) mass is 335 g/mol. The number of aliphatic hydroxyl groups excluding tert-OH is 3. The van der Waals surface area contributed by atoms with E-state index in [1.807, 2.05) is 0 Å². The van der Waals surface area contributed by atoms with Crippen LogP contribution in [0, 0.1) is 5.82 Å². The third kappa shape index (κ3) is 2.13. The quantitative estimate of drug-likeness (QED) is 0.636. The molecule has 8 nitrogen and oxygen atoms in total. The summed E-state index contributed by atoms with van der Waals surface area (Å²) in [6.07, 6.45) is 0.637. The van der Waals surface area contributed by atoms with Gasteiger partial charge in [-0.25, -0.2) is 14.4 Å². The van der Waals surface area contributed by atoms with E-state index in [2.05, 4.69) is 9.97 Å². The van der Waals surface area contributed by atoms with Crippen molar-refractivity contribution in [2.45, 2.75) is 24.5 Å². The zero-order chi connectivity index (χ0) is 16.8. The van der Waals surface area contributed by atoms with Gasteiger partial charge < -0.3 is 29.0 Å². The highest BCUT2D eigenvalue weighted by atomic mass is 19.1. The molecule has 24 heavy (non-hydrogen) atoms. The molecule has 0 radical (unpaired) electrons. The van der Waals surface area contributed by atoms with Gasteiger partial charge in [0.2, 0.25) is 0 Å². The standard InChI is InChI=1S/C15H14FN3O5/c16-8-3-19(15-13(22)12(21)9(4-20)24-15)14-10(8)11(17-6-18-14)7-1-2-23-5-7/h1-3,5-6,9,12-13,15,20-22H,4H2/t9?,12-,13-,15+/m0/s1. The van der Waals surface area contributed by atoms with Crippen LogP contribution in [0.2, 0.25) is 0 Å². The number of fused-ring (bicyclic) bond motifs is 1. The van der Waals surface area contributed by atoms with Gasteiger partial charge in [-0.05, 0) is 6.07 Å². The van der Waals surface area contributed by atoms with Crippen molar-refractivity contribution in [2.75, 3.05) is 6.61 Å². The molecule has 4 atom stereocenters. The minimum Gasteiger partial charge on any atom is -0.472 e. The van der Waals surface area contributed by atoms with E-state index in [1.165, 1.54) is 23.4 Å². The minimum atomic E-state index is -1.33. The number of aromatic nitrogens is 3. The van der Waals surface area contributed by atoms with Crippen molar-refractivity contribution >= 4 is 11.0 Å². The summed E-state index contributed by atoms with van der Waals surface area (Å²) in [5.74, 6) is -0.598. The van der Waals surface area contributed by atoms with Gasteiger partial charge in [0.15, 0.2) is 12.0 Å². The second-order valence-corrected chi connectivity index (χ2v) is 5.55. The van der Waals surface area contributed by atoms with Crippen LogP contribution >= 0.6 is 0 Å². The molecule has 3 N–H and O–H groups in total. The van der Waals surface area contributed by atoms with E-state index in [0.717, 1.165) is 6.20 Å². The van der Waals surface area contributed by atoms with Crippen molar-refractivity contribution < 1.29 is 28.9 Å². The molecule has 1 unspecified atom stereocenters. The second kappa shape index (κ2) is 5.64. The number of furan rings is 1. The van der Waals surface area contributed by atoms with Gasteiger partial charge in [0.1, 0.15) is 30.3 Å². The maximum absolute atomic E-state index is 14.5. The Labute approximate surface area is 134 Å². The Hall–Kier alpha value is -2.33. The molecular formula is C15H14FN3O5. The Morgan fingerprint density at radius 1 is 1.25 bits per heavy atom. The lowest BCUT2D eigenvalue weighted by Crippen LogP contribution is -2.33. The van der Waals surface area contributed by atoms with Gasteiger partial charge in [-0.1, -0.05) is 0 Å². The number of ether oxygens (including phenoxy) is 1. The molecule has 0 saturated carbocycles. The average molecular weight is 335 g/mol. The molecule has 4 rings (SSSR count). The van der Waals surface area contributed by atoms with E-state index in [0.29, 0.717) is 11.3 Å². The average Bonchev–Trinajstić information content (AvgIpc) is 3.29. The summed E-state index contributed by atoms with van der Waals surface area (Å²) in [5.41, 5.74) is 1.13. The molecule has 3 aromatic rings. The van der Waals surface area contributed by atoms with Gasteiger partial charge in [-0.3, -0.25) is 0 Å². The van der Waals surface area contributed by atoms with E-state index < -0.39 is 37.0 Å². The Morgan fingerprint density at radius 2 is 2.08 bits per heavy atom. The SMILES string of the molecule is OCC1O[C@@H](n2cc(F)c3c(-c4ccoc4)ncnc32)[C@@H](O)[C@H]1O. The van der Waals surface area contributed by atoms with Crippen LogP contribution in [-0.4, -0.2) is 54.8 Å². The van der Waals surface area contributed by atoms with Crippen molar-refractivity contribution in [3.63, 3.8) is 0 Å². The molecule has 0 aliphatic carbocycles. The summed E-state index contributed by atoms with van der Waals surface area (Å²) in [7, 11) is 0. The fourth-order valence-electron chi connectivity index (χ4n) is 2.96. The zero-order valence-electron chi connectivity index (χ0n) is 12.3. The van der Waals surface area contributed by atoms with Gasteiger partial charge in [-0.15, -0.1) is 0 Å². The first-order chi connectivity index (χ1) is 11.6. The summed E-state index contributed by atoms with van der Waals surface area (Å²) in [6.45, 7) is -0.467. The van der Waals surface area contributed by atoms with Crippen molar-refractivity contribution in [1.82, 2.24) is 14.5 Å². The van der Waals surface area contributed by atoms with Crippen LogP contribution in [-0.2, 0) is 4.74 Å². The number of nitrogens with zero attached hydrogens (tertiary/aromatic N) is 3. The highest BCUT2D eigenvalue weighted by Gasteiger charge is 2.44. The maximum Gasteiger partial charge on any atom is 0.164 e. The van der Waals surface area contributed by atoms with Gasteiger partial charge in [0.05, 0.1) is 30.2 Å². The minimum absolute atomic E-state index is 0.150. The molecule has 1 saturated heterocycles. The van der Waals surface area contributed by atoms with Crippen LogP contribution in [0.1, 0.15) is 6.23 Å². The molecule has 126 valence electrons. The van der Waals surface area contributed by atoms with Crippen molar-refractivity contribution in [3.05, 3.63) is 36.9 Å². The Morgan fingerprint density at radius 3 is 2.75 bits per heavy atom. The third-order valence-electron chi connectivity index (χ3n) is 4.15. The van der Waals surface area contributed by atoms with Crippen LogP contribution in [0.5, 0.6) is 0 Å². The smallest absolute Gasteiger partial charge is 0.164 e. The summed E-state index contributed by atoms with van der Waals surface area (Å²) in [4.78, 5) is 8.17. The van der Waals surface area contributed by atoms with Gasteiger partial charge in [-0.2, -0.15) is 0 Å².